The number of fused-ring (bicyclic) bond motifs is 1. The van der Waals surface area contributed by atoms with Crippen LogP contribution < -0.4 is 0 Å². The molecule has 1 aromatic heterocycles. The highest BCUT2D eigenvalue weighted by molar-refractivity contribution is 5.79. The van der Waals surface area contributed by atoms with Crippen molar-refractivity contribution in [2.75, 3.05) is 19.6 Å². The van der Waals surface area contributed by atoms with Crippen molar-refractivity contribution >= 4 is 12.0 Å². The molecule has 0 atom stereocenters. The lowest BCUT2D eigenvalue weighted by Gasteiger charge is -2.40. The number of hydrogen-bond donors (Lipinski definition) is 1. The van der Waals surface area contributed by atoms with Crippen molar-refractivity contribution in [1.29, 1.82) is 0 Å². The van der Waals surface area contributed by atoms with Gasteiger partial charge in [-0.2, -0.15) is 0 Å². The predicted molar refractivity (Wildman–Crippen MR) is 58.5 cm³/mol. The Morgan fingerprint density at radius 3 is 2.78 bits per heavy atom. The van der Waals surface area contributed by atoms with Gasteiger partial charge in [0.2, 0.25) is 0 Å². The maximum absolute atomic E-state index is 12.1. The molecular weight excluding hydrogens is 238 g/mol. The van der Waals surface area contributed by atoms with Crippen molar-refractivity contribution < 1.29 is 14.7 Å². The molecule has 2 aliphatic heterocycles. The van der Waals surface area contributed by atoms with Crippen LogP contribution in [-0.2, 0) is 17.9 Å². The number of nitrogens with zero attached hydrogens (tertiary/aromatic N) is 5. The van der Waals surface area contributed by atoms with Gasteiger partial charge in [0.25, 0.3) is 0 Å². The van der Waals surface area contributed by atoms with E-state index in [1.54, 1.807) is 16.1 Å². The topological polar surface area (TPSA) is 91.6 Å². The second kappa shape index (κ2) is 3.97. The summed E-state index contributed by atoms with van der Waals surface area (Å²) in [6, 6.07) is -0.109. The van der Waals surface area contributed by atoms with Gasteiger partial charge in [-0.15, -0.1) is 10.2 Å². The van der Waals surface area contributed by atoms with Crippen LogP contribution in [0.3, 0.4) is 0 Å². The van der Waals surface area contributed by atoms with Crippen molar-refractivity contribution in [2.45, 2.75) is 13.1 Å². The molecule has 18 heavy (non-hydrogen) atoms. The van der Waals surface area contributed by atoms with Crippen molar-refractivity contribution in [1.82, 2.24) is 24.6 Å². The number of rotatable bonds is 1. The first-order chi connectivity index (χ1) is 8.65. The van der Waals surface area contributed by atoms with E-state index in [0.717, 1.165) is 5.82 Å². The highest BCUT2D eigenvalue weighted by atomic mass is 16.4. The minimum Gasteiger partial charge on any atom is -0.481 e. The molecule has 0 unspecified atom stereocenters. The van der Waals surface area contributed by atoms with E-state index < -0.39 is 11.9 Å². The summed E-state index contributed by atoms with van der Waals surface area (Å²) in [4.78, 5) is 26.0. The van der Waals surface area contributed by atoms with Crippen molar-refractivity contribution in [3.8, 4) is 0 Å². The molecule has 1 fully saturated rings. The Hall–Kier alpha value is -2.12. The number of aliphatic carboxylic acids is 1. The molecule has 8 heteroatoms. The van der Waals surface area contributed by atoms with Crippen LogP contribution in [0, 0.1) is 5.92 Å². The van der Waals surface area contributed by atoms with E-state index in [9.17, 15) is 9.59 Å². The number of carboxylic acids is 1. The molecule has 2 aliphatic rings. The van der Waals surface area contributed by atoms with Gasteiger partial charge in [-0.3, -0.25) is 4.79 Å². The van der Waals surface area contributed by atoms with Gasteiger partial charge < -0.3 is 19.5 Å². The Balaban J connectivity index is 1.61. The molecule has 3 heterocycles. The SMILES string of the molecule is O=C(O)C1CN(C(=O)N2CCn3cnnc3C2)C1. The number of aromatic nitrogens is 3. The molecule has 0 bridgehead atoms. The normalized spacial score (nSPS) is 19.3. The standard InChI is InChI=1S/C10H13N5O3/c16-9(17)7-3-15(4-7)10(18)13-1-2-14-6-11-12-8(14)5-13/h6-7H,1-5H2,(H,16,17). The molecule has 0 radical (unpaired) electrons. The third kappa shape index (κ3) is 1.69. The van der Waals surface area contributed by atoms with Crippen molar-refractivity contribution in [3.05, 3.63) is 12.2 Å². The Morgan fingerprint density at radius 2 is 2.06 bits per heavy atom. The Labute approximate surface area is 103 Å². The fourth-order valence-corrected chi connectivity index (χ4v) is 2.22. The molecule has 1 aromatic rings. The minimum absolute atomic E-state index is 0.109. The minimum atomic E-state index is -0.836. The molecule has 0 saturated carbocycles. The van der Waals surface area contributed by atoms with Crippen LogP contribution in [0.2, 0.25) is 0 Å². The highest BCUT2D eigenvalue weighted by Gasteiger charge is 2.38. The maximum atomic E-state index is 12.1. The second-order valence-electron chi connectivity index (χ2n) is 4.58. The summed E-state index contributed by atoms with van der Waals surface area (Å²) in [6.45, 7) is 2.34. The largest absolute Gasteiger partial charge is 0.481 e. The number of urea groups is 1. The number of hydrogen-bond acceptors (Lipinski definition) is 4. The van der Waals surface area contributed by atoms with Crippen LogP contribution in [0.15, 0.2) is 6.33 Å². The average molecular weight is 251 g/mol. The monoisotopic (exact) mass is 251 g/mol. The highest BCUT2D eigenvalue weighted by Crippen LogP contribution is 2.19. The van der Waals surface area contributed by atoms with Gasteiger partial charge in [-0.25, -0.2) is 4.79 Å². The van der Waals surface area contributed by atoms with Crippen LogP contribution in [0.1, 0.15) is 5.82 Å². The van der Waals surface area contributed by atoms with Gasteiger partial charge in [-0.1, -0.05) is 0 Å². The molecule has 2 amide bonds. The van der Waals surface area contributed by atoms with Gasteiger partial charge >= 0.3 is 12.0 Å². The van der Waals surface area contributed by atoms with E-state index in [0.29, 0.717) is 32.7 Å². The van der Waals surface area contributed by atoms with E-state index in [1.807, 2.05) is 4.57 Å². The van der Waals surface area contributed by atoms with Gasteiger partial charge in [0.05, 0.1) is 12.5 Å². The van der Waals surface area contributed by atoms with E-state index in [-0.39, 0.29) is 6.03 Å². The third-order valence-electron chi connectivity index (χ3n) is 3.41. The van der Waals surface area contributed by atoms with Crippen LogP contribution >= 0.6 is 0 Å². The predicted octanol–water partition coefficient (Wildman–Crippen LogP) is -0.770. The molecule has 0 aliphatic carbocycles. The zero-order valence-corrected chi connectivity index (χ0v) is 9.69. The Morgan fingerprint density at radius 1 is 1.28 bits per heavy atom. The van der Waals surface area contributed by atoms with Crippen LogP contribution in [-0.4, -0.2) is 61.3 Å². The molecule has 0 spiro atoms. The van der Waals surface area contributed by atoms with E-state index >= 15 is 0 Å². The number of likely N-dealkylation sites (tertiary alicyclic amines) is 1. The lowest BCUT2D eigenvalue weighted by atomic mass is 10.0. The van der Waals surface area contributed by atoms with Crippen LogP contribution in [0.4, 0.5) is 4.79 Å². The lowest BCUT2D eigenvalue weighted by molar-refractivity contribution is -0.146. The summed E-state index contributed by atoms with van der Waals surface area (Å²) < 4.78 is 1.92. The second-order valence-corrected chi connectivity index (χ2v) is 4.58. The fraction of sp³-hybridized carbons (Fsp3) is 0.600. The Kier molecular flexibility index (Phi) is 2.42. The van der Waals surface area contributed by atoms with Gasteiger partial charge in [0, 0.05) is 26.2 Å². The molecule has 1 saturated heterocycles. The lowest BCUT2D eigenvalue weighted by Crippen LogP contribution is -2.57. The average Bonchev–Trinajstić information content (AvgIpc) is 2.72. The van der Waals surface area contributed by atoms with E-state index in [1.165, 1.54) is 0 Å². The summed E-state index contributed by atoms with van der Waals surface area (Å²) >= 11 is 0. The fourth-order valence-electron chi connectivity index (χ4n) is 2.22. The van der Waals surface area contributed by atoms with Crippen molar-refractivity contribution in [2.24, 2.45) is 5.92 Å². The molecular formula is C10H13N5O3. The van der Waals surface area contributed by atoms with Gasteiger partial charge in [0.1, 0.15) is 6.33 Å². The maximum Gasteiger partial charge on any atom is 0.320 e. The van der Waals surface area contributed by atoms with E-state index in [2.05, 4.69) is 10.2 Å². The third-order valence-corrected chi connectivity index (χ3v) is 3.41. The molecule has 3 rings (SSSR count). The molecule has 1 N–H and O–H groups in total. The smallest absolute Gasteiger partial charge is 0.320 e. The molecule has 0 aromatic carbocycles. The quantitative estimate of drug-likeness (QED) is 0.707. The summed E-state index contributed by atoms with van der Waals surface area (Å²) in [5.41, 5.74) is 0. The van der Waals surface area contributed by atoms with Gasteiger partial charge in [-0.05, 0) is 0 Å². The molecule has 96 valence electrons. The van der Waals surface area contributed by atoms with E-state index in [4.69, 9.17) is 5.11 Å². The Bertz CT molecular complexity index is 493. The number of carbonyl (C=O) groups excluding carboxylic acids is 1. The first kappa shape index (κ1) is 11.0. The molecule has 8 nitrogen and oxygen atoms in total. The number of carboxylic acid groups (broad SMARTS) is 1. The zero-order valence-electron chi connectivity index (χ0n) is 9.69. The summed E-state index contributed by atoms with van der Waals surface area (Å²) in [5.74, 6) is -0.482. The van der Waals surface area contributed by atoms with Crippen molar-refractivity contribution in [3.63, 3.8) is 0 Å². The van der Waals surface area contributed by atoms with Crippen LogP contribution in [0.25, 0.3) is 0 Å². The zero-order chi connectivity index (χ0) is 12.7. The van der Waals surface area contributed by atoms with Gasteiger partial charge in [0.15, 0.2) is 5.82 Å². The first-order valence-electron chi connectivity index (χ1n) is 5.78. The van der Waals surface area contributed by atoms with Crippen LogP contribution in [0.5, 0.6) is 0 Å². The number of amides is 2. The number of carbonyl (C=O) groups is 2. The first-order valence-corrected chi connectivity index (χ1v) is 5.78. The summed E-state index contributed by atoms with van der Waals surface area (Å²) in [7, 11) is 0. The summed E-state index contributed by atoms with van der Waals surface area (Å²) in [5, 5.41) is 16.5. The summed E-state index contributed by atoms with van der Waals surface area (Å²) in [6.07, 6.45) is 1.65.